The molecule has 28 heavy (non-hydrogen) atoms. The topological polar surface area (TPSA) is 83.5 Å². The van der Waals surface area contributed by atoms with E-state index < -0.39 is 0 Å². The third-order valence-electron chi connectivity index (χ3n) is 4.66. The molecule has 2 aromatic rings. The van der Waals surface area contributed by atoms with E-state index in [-0.39, 0.29) is 11.5 Å². The number of nitrogens with one attached hydrogen (secondary N) is 1. The Labute approximate surface area is 165 Å². The number of ether oxygens (including phenoxy) is 1. The zero-order chi connectivity index (χ0) is 20.1. The van der Waals surface area contributed by atoms with Crippen LogP contribution in [0.4, 0.5) is 22.2 Å². The van der Waals surface area contributed by atoms with Crippen LogP contribution < -0.4 is 10.2 Å². The van der Waals surface area contributed by atoms with Crippen LogP contribution in [0.5, 0.6) is 0 Å². The summed E-state index contributed by atoms with van der Waals surface area (Å²) in [7, 11) is 0. The van der Waals surface area contributed by atoms with Gasteiger partial charge in [-0.25, -0.2) is 4.79 Å². The molecule has 0 radical (unpaired) electrons. The van der Waals surface area contributed by atoms with Crippen LogP contribution in [0, 0.1) is 0 Å². The van der Waals surface area contributed by atoms with E-state index in [0.717, 1.165) is 11.5 Å². The molecule has 0 aliphatic carbocycles. The minimum atomic E-state index is -0.260. The number of carbonyl (C=O) groups excluding carboxylic acids is 1. The standard InChI is InChI=1S/C20H28N6O2/c1-5-28-19(27)26-12-10-25(11-13-26)17-14-21-24-18(23-17)22-16-9-7-6-8-15(16)20(2,3)4/h6-9,14H,5,10-13H2,1-4H3,(H,22,23,24). The molecule has 0 atom stereocenters. The molecule has 0 unspecified atom stereocenters. The van der Waals surface area contributed by atoms with Crippen LogP contribution in [-0.2, 0) is 10.2 Å². The van der Waals surface area contributed by atoms with Gasteiger partial charge in [0.2, 0.25) is 5.95 Å². The molecule has 8 heteroatoms. The maximum absolute atomic E-state index is 11.8. The van der Waals surface area contributed by atoms with Crippen LogP contribution in [0.15, 0.2) is 30.5 Å². The van der Waals surface area contributed by atoms with Crippen molar-refractivity contribution in [3.63, 3.8) is 0 Å². The highest BCUT2D eigenvalue weighted by atomic mass is 16.6. The van der Waals surface area contributed by atoms with Gasteiger partial charge in [0.05, 0.1) is 12.8 Å². The van der Waals surface area contributed by atoms with Crippen molar-refractivity contribution in [1.82, 2.24) is 20.1 Å². The van der Waals surface area contributed by atoms with E-state index in [9.17, 15) is 4.79 Å². The molecule has 1 aromatic carbocycles. The number of piperazine rings is 1. The summed E-state index contributed by atoms with van der Waals surface area (Å²) in [5.41, 5.74) is 2.16. The molecule has 0 bridgehead atoms. The number of aromatic nitrogens is 3. The maximum Gasteiger partial charge on any atom is 0.409 e. The molecule has 0 saturated carbocycles. The Morgan fingerprint density at radius 3 is 2.57 bits per heavy atom. The monoisotopic (exact) mass is 384 g/mol. The van der Waals surface area contributed by atoms with Crippen molar-refractivity contribution in [2.24, 2.45) is 0 Å². The normalized spacial score (nSPS) is 14.7. The molecule has 1 amide bonds. The van der Waals surface area contributed by atoms with E-state index in [4.69, 9.17) is 4.74 Å². The maximum atomic E-state index is 11.8. The first-order valence-electron chi connectivity index (χ1n) is 9.61. The van der Waals surface area contributed by atoms with Crippen molar-refractivity contribution >= 4 is 23.5 Å². The molecular weight excluding hydrogens is 356 g/mol. The lowest BCUT2D eigenvalue weighted by molar-refractivity contribution is 0.105. The summed E-state index contributed by atoms with van der Waals surface area (Å²) in [6, 6.07) is 8.15. The van der Waals surface area contributed by atoms with E-state index in [0.29, 0.717) is 38.7 Å². The fourth-order valence-electron chi connectivity index (χ4n) is 3.20. The number of hydrogen-bond donors (Lipinski definition) is 1. The predicted octanol–water partition coefficient (Wildman–Crippen LogP) is 3.19. The smallest absolute Gasteiger partial charge is 0.409 e. The first-order chi connectivity index (χ1) is 13.4. The highest BCUT2D eigenvalue weighted by Gasteiger charge is 2.23. The van der Waals surface area contributed by atoms with Gasteiger partial charge in [-0.1, -0.05) is 39.0 Å². The van der Waals surface area contributed by atoms with Gasteiger partial charge in [-0.15, -0.1) is 5.10 Å². The average Bonchev–Trinajstić information content (AvgIpc) is 2.68. The molecule has 1 fully saturated rings. The number of benzene rings is 1. The van der Waals surface area contributed by atoms with Crippen molar-refractivity contribution in [2.45, 2.75) is 33.1 Å². The summed E-state index contributed by atoms with van der Waals surface area (Å²) in [6.45, 7) is 11.3. The van der Waals surface area contributed by atoms with Crippen molar-refractivity contribution in [3.8, 4) is 0 Å². The zero-order valence-electron chi connectivity index (χ0n) is 17.0. The zero-order valence-corrected chi connectivity index (χ0v) is 17.0. The number of carbonyl (C=O) groups is 1. The summed E-state index contributed by atoms with van der Waals surface area (Å²) in [5, 5.41) is 11.6. The van der Waals surface area contributed by atoms with Gasteiger partial charge >= 0.3 is 6.09 Å². The van der Waals surface area contributed by atoms with Gasteiger partial charge in [-0.05, 0) is 24.0 Å². The predicted molar refractivity (Wildman–Crippen MR) is 109 cm³/mol. The second kappa shape index (κ2) is 8.41. The summed E-state index contributed by atoms with van der Waals surface area (Å²) < 4.78 is 5.07. The minimum absolute atomic E-state index is 0.00193. The average molecular weight is 384 g/mol. The summed E-state index contributed by atoms with van der Waals surface area (Å²) in [6.07, 6.45) is 1.39. The molecular formula is C20H28N6O2. The van der Waals surface area contributed by atoms with Gasteiger partial charge in [0, 0.05) is 31.9 Å². The number of hydrogen-bond acceptors (Lipinski definition) is 7. The lowest BCUT2D eigenvalue weighted by atomic mass is 9.86. The highest BCUT2D eigenvalue weighted by Crippen LogP contribution is 2.30. The van der Waals surface area contributed by atoms with Crippen LogP contribution >= 0.6 is 0 Å². The van der Waals surface area contributed by atoms with E-state index in [1.54, 1.807) is 11.1 Å². The second-order valence-corrected chi connectivity index (χ2v) is 7.73. The molecule has 1 aliphatic heterocycles. The summed E-state index contributed by atoms with van der Waals surface area (Å²) in [5.74, 6) is 1.20. The van der Waals surface area contributed by atoms with Gasteiger partial charge in [0.25, 0.3) is 0 Å². The van der Waals surface area contributed by atoms with Gasteiger partial charge in [0.1, 0.15) is 0 Å². The number of anilines is 3. The molecule has 0 spiro atoms. The van der Waals surface area contributed by atoms with Gasteiger partial charge in [-0.3, -0.25) is 0 Å². The fraction of sp³-hybridized carbons (Fsp3) is 0.500. The second-order valence-electron chi connectivity index (χ2n) is 7.73. The number of rotatable bonds is 4. The SMILES string of the molecule is CCOC(=O)N1CCN(c2cnnc(Nc3ccccc3C(C)(C)C)n2)CC1. The van der Waals surface area contributed by atoms with E-state index in [1.165, 1.54) is 5.56 Å². The first-order valence-corrected chi connectivity index (χ1v) is 9.61. The van der Waals surface area contributed by atoms with E-state index in [2.05, 4.69) is 52.2 Å². The third kappa shape index (κ3) is 4.68. The minimum Gasteiger partial charge on any atom is -0.450 e. The molecule has 1 aliphatic rings. The number of amides is 1. The Balaban J connectivity index is 1.70. The molecule has 1 saturated heterocycles. The van der Waals surface area contributed by atoms with Gasteiger partial charge in [-0.2, -0.15) is 10.1 Å². The van der Waals surface area contributed by atoms with Crippen molar-refractivity contribution in [3.05, 3.63) is 36.0 Å². The lowest BCUT2D eigenvalue weighted by Crippen LogP contribution is -2.49. The van der Waals surface area contributed by atoms with Crippen LogP contribution in [-0.4, -0.2) is 59.0 Å². The molecule has 1 N–H and O–H groups in total. The fourth-order valence-corrected chi connectivity index (χ4v) is 3.20. The Bertz CT molecular complexity index is 812. The summed E-state index contributed by atoms with van der Waals surface area (Å²) >= 11 is 0. The molecule has 8 nitrogen and oxygen atoms in total. The van der Waals surface area contributed by atoms with Crippen molar-refractivity contribution in [1.29, 1.82) is 0 Å². The van der Waals surface area contributed by atoms with Crippen molar-refractivity contribution in [2.75, 3.05) is 43.0 Å². The summed E-state index contributed by atoms with van der Waals surface area (Å²) in [4.78, 5) is 20.3. The van der Waals surface area contributed by atoms with Crippen molar-refractivity contribution < 1.29 is 9.53 Å². The largest absolute Gasteiger partial charge is 0.450 e. The number of para-hydroxylation sites is 1. The van der Waals surface area contributed by atoms with Crippen LogP contribution in [0.1, 0.15) is 33.3 Å². The quantitative estimate of drug-likeness (QED) is 0.866. The number of nitrogens with zero attached hydrogens (tertiary/aromatic N) is 5. The Hall–Kier alpha value is -2.90. The lowest BCUT2D eigenvalue weighted by Gasteiger charge is -2.34. The molecule has 3 rings (SSSR count). The molecule has 1 aromatic heterocycles. The van der Waals surface area contributed by atoms with Gasteiger partial charge in [0.15, 0.2) is 5.82 Å². The van der Waals surface area contributed by atoms with E-state index >= 15 is 0 Å². The third-order valence-corrected chi connectivity index (χ3v) is 4.66. The Kier molecular flexibility index (Phi) is 5.96. The van der Waals surface area contributed by atoms with E-state index in [1.807, 2.05) is 25.1 Å². The first kappa shape index (κ1) is 19.9. The Morgan fingerprint density at radius 1 is 1.18 bits per heavy atom. The Morgan fingerprint density at radius 2 is 1.89 bits per heavy atom. The molecule has 2 heterocycles. The van der Waals surface area contributed by atoms with Gasteiger partial charge < -0.3 is 19.9 Å². The van der Waals surface area contributed by atoms with Crippen LogP contribution in [0.2, 0.25) is 0 Å². The van der Waals surface area contributed by atoms with Crippen LogP contribution in [0.25, 0.3) is 0 Å². The highest BCUT2D eigenvalue weighted by molar-refractivity contribution is 5.68. The van der Waals surface area contributed by atoms with Crippen LogP contribution in [0.3, 0.4) is 0 Å². The molecule has 150 valence electrons.